The van der Waals surface area contributed by atoms with E-state index in [1.807, 2.05) is 54.6 Å². The van der Waals surface area contributed by atoms with Gasteiger partial charge in [-0.2, -0.15) is 0 Å². The van der Waals surface area contributed by atoms with E-state index in [4.69, 9.17) is 0 Å². The Bertz CT molecular complexity index is 798. The maximum absolute atomic E-state index is 11.8. The molecule has 3 aromatic rings. The minimum atomic E-state index is -0.279. The molecular formula is C16H12N2O. The standard InChI is InChI=1S/C16H12N2O/c1-11-16(19)18-14-10-6-5-9-13(14)15(17-11)12-7-3-2-4-8-12/h2-10H,1H3. The molecule has 0 atom stereocenters. The van der Waals surface area contributed by atoms with Crippen molar-refractivity contribution in [3.05, 3.63) is 70.6 Å². The summed E-state index contributed by atoms with van der Waals surface area (Å²) in [5.41, 5.74) is 2.59. The van der Waals surface area contributed by atoms with Gasteiger partial charge in [-0.05, 0) is 13.0 Å². The largest absolute Gasteiger partial charge is 0.291 e. The molecule has 92 valence electrons. The van der Waals surface area contributed by atoms with Gasteiger partial charge in [-0.25, -0.2) is 9.97 Å². The number of rotatable bonds is 1. The summed E-state index contributed by atoms with van der Waals surface area (Å²) in [4.78, 5) is 20.4. The van der Waals surface area contributed by atoms with Crippen molar-refractivity contribution in [2.75, 3.05) is 0 Å². The zero-order valence-corrected chi connectivity index (χ0v) is 10.5. The number of hydrogen-bond donors (Lipinski definition) is 0. The molecule has 0 aliphatic rings. The van der Waals surface area contributed by atoms with Gasteiger partial charge in [-0.15, -0.1) is 0 Å². The van der Waals surface area contributed by atoms with Crippen LogP contribution in [0.3, 0.4) is 0 Å². The monoisotopic (exact) mass is 248 g/mol. The van der Waals surface area contributed by atoms with Gasteiger partial charge in [0.1, 0.15) is 5.69 Å². The van der Waals surface area contributed by atoms with Crippen LogP contribution in [-0.2, 0) is 0 Å². The van der Waals surface area contributed by atoms with Crippen LogP contribution in [0.25, 0.3) is 22.2 Å². The van der Waals surface area contributed by atoms with E-state index in [1.165, 1.54) is 0 Å². The molecule has 0 N–H and O–H groups in total. The van der Waals surface area contributed by atoms with Crippen molar-refractivity contribution in [1.29, 1.82) is 0 Å². The number of benzene rings is 2. The van der Waals surface area contributed by atoms with Gasteiger partial charge >= 0.3 is 0 Å². The highest BCUT2D eigenvalue weighted by Gasteiger charge is 2.07. The number of aryl methyl sites for hydroxylation is 1. The van der Waals surface area contributed by atoms with Crippen molar-refractivity contribution in [1.82, 2.24) is 9.97 Å². The second-order valence-electron chi connectivity index (χ2n) is 4.35. The van der Waals surface area contributed by atoms with E-state index in [-0.39, 0.29) is 5.56 Å². The Hall–Kier alpha value is -2.55. The molecule has 0 aliphatic heterocycles. The van der Waals surface area contributed by atoms with Crippen molar-refractivity contribution in [2.45, 2.75) is 6.92 Å². The Morgan fingerprint density at radius 3 is 2.32 bits per heavy atom. The van der Waals surface area contributed by atoms with Crippen LogP contribution in [0.5, 0.6) is 0 Å². The molecule has 3 rings (SSSR count). The Morgan fingerprint density at radius 1 is 0.842 bits per heavy atom. The summed E-state index contributed by atoms with van der Waals surface area (Å²) in [5, 5.41) is 0.888. The quantitative estimate of drug-likeness (QED) is 0.665. The lowest BCUT2D eigenvalue weighted by Crippen LogP contribution is -2.06. The number of fused-ring (bicyclic) bond motifs is 1. The van der Waals surface area contributed by atoms with Crippen LogP contribution in [0, 0.1) is 6.92 Å². The predicted octanol–water partition coefficient (Wildman–Crippen LogP) is 2.97. The van der Waals surface area contributed by atoms with Gasteiger partial charge in [-0.1, -0.05) is 48.5 Å². The first-order valence-electron chi connectivity index (χ1n) is 6.09. The molecule has 0 unspecified atom stereocenters. The molecule has 3 nitrogen and oxygen atoms in total. The normalized spacial score (nSPS) is 10.6. The number of para-hydroxylation sites is 1. The van der Waals surface area contributed by atoms with Crippen LogP contribution in [0.2, 0.25) is 0 Å². The highest BCUT2D eigenvalue weighted by atomic mass is 16.1. The fourth-order valence-electron chi connectivity index (χ4n) is 2.05. The molecule has 0 spiro atoms. The smallest absolute Gasteiger partial charge is 0.265 e. The molecule has 3 heteroatoms. The average molecular weight is 248 g/mol. The van der Waals surface area contributed by atoms with Crippen LogP contribution < -0.4 is 5.56 Å². The fraction of sp³-hybridized carbons (Fsp3) is 0.0625. The van der Waals surface area contributed by atoms with E-state index in [1.54, 1.807) is 6.92 Å². The van der Waals surface area contributed by atoms with E-state index in [0.717, 1.165) is 16.6 Å². The van der Waals surface area contributed by atoms with Crippen LogP contribution in [-0.4, -0.2) is 9.97 Å². The fourth-order valence-corrected chi connectivity index (χ4v) is 2.05. The molecular weight excluding hydrogens is 236 g/mol. The lowest BCUT2D eigenvalue weighted by molar-refractivity contribution is 1.15. The maximum atomic E-state index is 11.8. The first-order valence-corrected chi connectivity index (χ1v) is 6.09. The zero-order chi connectivity index (χ0) is 13.2. The lowest BCUT2D eigenvalue weighted by Gasteiger charge is -2.01. The van der Waals surface area contributed by atoms with Gasteiger partial charge in [0.25, 0.3) is 5.56 Å². The summed E-state index contributed by atoms with van der Waals surface area (Å²) in [6, 6.07) is 17.4. The molecule has 0 bridgehead atoms. The first kappa shape index (κ1) is 11.5. The van der Waals surface area contributed by atoms with Crippen molar-refractivity contribution in [3.63, 3.8) is 0 Å². The number of nitrogens with zero attached hydrogens (tertiary/aromatic N) is 2. The molecule has 0 aliphatic carbocycles. The van der Waals surface area contributed by atoms with Crippen molar-refractivity contribution >= 4 is 10.9 Å². The van der Waals surface area contributed by atoms with Gasteiger partial charge < -0.3 is 0 Å². The summed E-state index contributed by atoms with van der Waals surface area (Å²) in [6.45, 7) is 1.70. The Balaban J connectivity index is 2.48. The van der Waals surface area contributed by atoms with E-state index in [0.29, 0.717) is 11.2 Å². The van der Waals surface area contributed by atoms with Crippen molar-refractivity contribution in [2.24, 2.45) is 0 Å². The van der Waals surface area contributed by atoms with Gasteiger partial charge in [0.15, 0.2) is 0 Å². The molecule has 0 saturated heterocycles. The third-order valence-corrected chi connectivity index (χ3v) is 3.02. The maximum Gasteiger partial charge on any atom is 0.291 e. The molecule has 1 heterocycles. The van der Waals surface area contributed by atoms with Gasteiger partial charge in [0.2, 0.25) is 0 Å². The SMILES string of the molecule is Cc1nc(-c2ccccc2)c2ccccc2nc1=O. The first-order chi connectivity index (χ1) is 9.25. The lowest BCUT2D eigenvalue weighted by atomic mass is 10.1. The minimum Gasteiger partial charge on any atom is -0.265 e. The third-order valence-electron chi connectivity index (χ3n) is 3.02. The summed E-state index contributed by atoms with van der Waals surface area (Å²) in [5.74, 6) is 0. The highest BCUT2D eigenvalue weighted by molar-refractivity contribution is 5.91. The average Bonchev–Trinajstić information content (AvgIpc) is 2.58. The Labute approximate surface area is 110 Å². The Kier molecular flexibility index (Phi) is 2.80. The highest BCUT2D eigenvalue weighted by Crippen LogP contribution is 2.23. The van der Waals surface area contributed by atoms with Crippen LogP contribution in [0.15, 0.2) is 59.4 Å². The molecule has 0 fully saturated rings. The second-order valence-corrected chi connectivity index (χ2v) is 4.35. The van der Waals surface area contributed by atoms with Gasteiger partial charge in [0.05, 0.1) is 11.2 Å². The molecule has 19 heavy (non-hydrogen) atoms. The third kappa shape index (κ3) is 2.10. The van der Waals surface area contributed by atoms with E-state index < -0.39 is 0 Å². The van der Waals surface area contributed by atoms with Crippen LogP contribution in [0.1, 0.15) is 5.69 Å². The second kappa shape index (κ2) is 4.61. The zero-order valence-electron chi connectivity index (χ0n) is 10.5. The van der Waals surface area contributed by atoms with E-state index in [9.17, 15) is 4.79 Å². The van der Waals surface area contributed by atoms with E-state index in [2.05, 4.69) is 9.97 Å². The molecule has 1 aromatic heterocycles. The van der Waals surface area contributed by atoms with Crippen molar-refractivity contribution < 1.29 is 0 Å². The number of aromatic nitrogens is 2. The van der Waals surface area contributed by atoms with Crippen LogP contribution in [0.4, 0.5) is 0 Å². The molecule has 2 aromatic carbocycles. The molecule has 0 saturated carbocycles. The summed E-state index contributed by atoms with van der Waals surface area (Å²) < 4.78 is 0. The molecule has 0 radical (unpaired) electrons. The summed E-state index contributed by atoms with van der Waals surface area (Å²) >= 11 is 0. The summed E-state index contributed by atoms with van der Waals surface area (Å²) in [7, 11) is 0. The summed E-state index contributed by atoms with van der Waals surface area (Å²) in [6.07, 6.45) is 0. The number of hydrogen-bond acceptors (Lipinski definition) is 3. The van der Waals surface area contributed by atoms with Gasteiger partial charge in [-0.3, -0.25) is 4.79 Å². The predicted molar refractivity (Wildman–Crippen MR) is 76.0 cm³/mol. The van der Waals surface area contributed by atoms with E-state index >= 15 is 0 Å². The van der Waals surface area contributed by atoms with Gasteiger partial charge in [0, 0.05) is 10.9 Å². The molecule has 0 amide bonds. The minimum absolute atomic E-state index is 0.279. The van der Waals surface area contributed by atoms with Crippen LogP contribution >= 0.6 is 0 Å². The topological polar surface area (TPSA) is 42.9 Å². The Morgan fingerprint density at radius 2 is 1.53 bits per heavy atom. The van der Waals surface area contributed by atoms with Crippen molar-refractivity contribution in [3.8, 4) is 11.3 Å².